The summed E-state index contributed by atoms with van der Waals surface area (Å²) in [6, 6.07) is 3.61. The summed E-state index contributed by atoms with van der Waals surface area (Å²) in [5, 5.41) is 9.85. The van der Waals surface area contributed by atoms with E-state index in [4.69, 9.17) is 0 Å². The first-order valence-corrected chi connectivity index (χ1v) is 10.8. The second kappa shape index (κ2) is 10.7. The number of hydrogen-bond donors (Lipinski definition) is 2. The fraction of sp³-hybridized carbons (Fsp3) is 0.304. The zero-order chi connectivity index (χ0) is 24.0. The van der Waals surface area contributed by atoms with Gasteiger partial charge in [-0.3, -0.25) is 13.9 Å². The van der Waals surface area contributed by atoms with Gasteiger partial charge in [-0.05, 0) is 25.5 Å². The first kappa shape index (κ1) is 23.8. The number of nitrogens with zero attached hydrogens (tertiary/aromatic N) is 5. The summed E-state index contributed by atoms with van der Waals surface area (Å²) in [5.74, 6) is -1.94. The molecule has 0 spiro atoms. The highest BCUT2D eigenvalue weighted by atomic mass is 19.2. The Balaban J connectivity index is 0.00000149. The molecule has 1 aromatic carbocycles. The standard InChI is InChI=1S/C21H21F2N7O.C2H6/c1-3-7-24-20-21-25-9-17(30(21)10-13(2)27-20)14-8-26-29(11-14)12-18(31)28-16-6-4-5-15(22)19(16)23;1-2/h4-6,8-11H,3,7,12H2,1-2H3,(H,24,27)(H,28,31);1-2H3. The number of aromatic nitrogens is 5. The zero-order valence-electron chi connectivity index (χ0n) is 19.1. The molecule has 0 saturated carbocycles. The topological polar surface area (TPSA) is 89.1 Å². The van der Waals surface area contributed by atoms with Crippen molar-refractivity contribution < 1.29 is 13.6 Å². The van der Waals surface area contributed by atoms with Gasteiger partial charge in [-0.1, -0.05) is 26.8 Å². The predicted molar refractivity (Wildman–Crippen MR) is 124 cm³/mol. The molecule has 2 N–H and O–H groups in total. The number of halogens is 2. The third-order valence-corrected chi connectivity index (χ3v) is 4.62. The van der Waals surface area contributed by atoms with Gasteiger partial charge in [-0.25, -0.2) is 18.7 Å². The van der Waals surface area contributed by atoms with Gasteiger partial charge in [0.05, 0.1) is 29.5 Å². The first-order valence-electron chi connectivity index (χ1n) is 10.8. The Hall–Kier alpha value is -3.82. The molecule has 0 bridgehead atoms. The maximum Gasteiger partial charge on any atom is 0.246 e. The molecule has 0 radical (unpaired) electrons. The van der Waals surface area contributed by atoms with E-state index in [-0.39, 0.29) is 12.2 Å². The van der Waals surface area contributed by atoms with Crippen LogP contribution in [0.25, 0.3) is 16.9 Å². The Morgan fingerprint density at radius 1 is 1.15 bits per heavy atom. The van der Waals surface area contributed by atoms with Crippen LogP contribution in [0.4, 0.5) is 20.3 Å². The highest BCUT2D eigenvalue weighted by molar-refractivity contribution is 5.90. The smallest absolute Gasteiger partial charge is 0.246 e. The summed E-state index contributed by atoms with van der Waals surface area (Å²) >= 11 is 0. The number of rotatable bonds is 7. The van der Waals surface area contributed by atoms with Gasteiger partial charge < -0.3 is 10.6 Å². The molecule has 0 atom stereocenters. The molecule has 4 aromatic rings. The SMILES string of the molecule is CC.CCCNc1nc(C)cn2c(-c3cnn(CC(=O)Nc4cccc(F)c4F)c3)cnc12. The molecule has 3 heterocycles. The van der Waals surface area contributed by atoms with Gasteiger partial charge in [0.1, 0.15) is 6.54 Å². The first-order chi connectivity index (χ1) is 16.0. The third kappa shape index (κ3) is 5.33. The summed E-state index contributed by atoms with van der Waals surface area (Å²) < 4.78 is 30.4. The molecule has 1 amide bonds. The average Bonchev–Trinajstić information content (AvgIpc) is 3.43. The second-order valence-corrected chi connectivity index (χ2v) is 7.07. The molecule has 0 aliphatic carbocycles. The molecule has 4 rings (SSSR count). The van der Waals surface area contributed by atoms with Crippen LogP contribution in [0.1, 0.15) is 32.9 Å². The highest BCUT2D eigenvalue weighted by Gasteiger charge is 2.15. The lowest BCUT2D eigenvalue weighted by atomic mass is 10.3. The summed E-state index contributed by atoms with van der Waals surface area (Å²) in [6.07, 6.45) is 7.88. The van der Waals surface area contributed by atoms with Crippen LogP contribution >= 0.6 is 0 Å². The average molecular weight is 456 g/mol. The minimum absolute atomic E-state index is 0.156. The Bertz CT molecular complexity index is 1250. The number of carbonyl (C=O) groups excluding carboxylic acids is 1. The summed E-state index contributed by atoms with van der Waals surface area (Å²) in [4.78, 5) is 21.2. The number of carbonyl (C=O) groups is 1. The third-order valence-electron chi connectivity index (χ3n) is 4.62. The summed E-state index contributed by atoms with van der Waals surface area (Å²) in [6.45, 7) is 8.60. The van der Waals surface area contributed by atoms with Gasteiger partial charge in [0.2, 0.25) is 5.91 Å². The summed E-state index contributed by atoms with van der Waals surface area (Å²) in [5.41, 5.74) is 2.86. The van der Waals surface area contributed by atoms with Crippen LogP contribution in [0.2, 0.25) is 0 Å². The van der Waals surface area contributed by atoms with Crippen molar-refractivity contribution in [3.63, 3.8) is 0 Å². The Labute approximate surface area is 190 Å². The van der Waals surface area contributed by atoms with Crippen LogP contribution in [0.15, 0.2) is 43.0 Å². The number of aryl methyl sites for hydroxylation is 1. The molecular weight excluding hydrogens is 428 g/mol. The molecule has 0 fully saturated rings. The Kier molecular flexibility index (Phi) is 7.70. The van der Waals surface area contributed by atoms with Crippen LogP contribution in [-0.4, -0.2) is 36.6 Å². The normalized spacial score (nSPS) is 10.6. The van der Waals surface area contributed by atoms with Crippen LogP contribution in [-0.2, 0) is 11.3 Å². The number of benzene rings is 1. The molecule has 3 aromatic heterocycles. The molecule has 0 unspecified atom stereocenters. The van der Waals surface area contributed by atoms with Gasteiger partial charge in [0.25, 0.3) is 0 Å². The van der Waals surface area contributed by atoms with Gasteiger partial charge in [0, 0.05) is 24.5 Å². The fourth-order valence-corrected chi connectivity index (χ4v) is 3.20. The van der Waals surface area contributed by atoms with Gasteiger partial charge in [-0.15, -0.1) is 0 Å². The molecule has 0 aliphatic heterocycles. The molecular formula is C23H27F2N7O. The largest absolute Gasteiger partial charge is 0.367 e. The van der Waals surface area contributed by atoms with E-state index in [1.54, 1.807) is 18.6 Å². The number of nitrogens with one attached hydrogen (secondary N) is 2. The minimum atomic E-state index is -1.10. The highest BCUT2D eigenvalue weighted by Crippen LogP contribution is 2.24. The van der Waals surface area contributed by atoms with Crippen molar-refractivity contribution in [2.45, 2.75) is 40.7 Å². The number of amides is 1. The summed E-state index contributed by atoms with van der Waals surface area (Å²) in [7, 11) is 0. The lowest BCUT2D eigenvalue weighted by molar-refractivity contribution is -0.116. The Morgan fingerprint density at radius 3 is 2.70 bits per heavy atom. The van der Waals surface area contributed by atoms with Crippen LogP contribution < -0.4 is 10.6 Å². The Morgan fingerprint density at radius 2 is 1.94 bits per heavy atom. The maximum absolute atomic E-state index is 13.7. The van der Waals surface area contributed by atoms with Crippen molar-refractivity contribution in [3.05, 3.63) is 60.3 Å². The van der Waals surface area contributed by atoms with Crippen molar-refractivity contribution in [1.29, 1.82) is 0 Å². The van der Waals surface area contributed by atoms with Gasteiger partial charge >= 0.3 is 0 Å². The number of hydrogen-bond acceptors (Lipinski definition) is 5. The van der Waals surface area contributed by atoms with Gasteiger partial charge in [0.15, 0.2) is 23.1 Å². The number of fused-ring (bicyclic) bond motifs is 1. The van der Waals surface area contributed by atoms with E-state index in [9.17, 15) is 13.6 Å². The molecule has 0 saturated heterocycles. The van der Waals surface area contributed by atoms with Crippen molar-refractivity contribution >= 4 is 23.1 Å². The zero-order valence-corrected chi connectivity index (χ0v) is 19.1. The van der Waals surface area contributed by atoms with E-state index in [0.717, 1.165) is 36.0 Å². The van der Waals surface area contributed by atoms with Gasteiger partial charge in [-0.2, -0.15) is 5.10 Å². The maximum atomic E-state index is 13.7. The van der Waals surface area contributed by atoms with Crippen LogP contribution in [0.3, 0.4) is 0 Å². The molecule has 33 heavy (non-hydrogen) atoms. The van der Waals surface area contributed by atoms with Crippen LogP contribution in [0.5, 0.6) is 0 Å². The van der Waals surface area contributed by atoms with Crippen molar-refractivity contribution in [2.24, 2.45) is 0 Å². The second-order valence-electron chi connectivity index (χ2n) is 7.07. The molecule has 174 valence electrons. The molecule has 10 heteroatoms. The number of anilines is 2. The molecule has 0 aliphatic rings. The van der Waals surface area contributed by atoms with E-state index < -0.39 is 17.5 Å². The van der Waals surface area contributed by atoms with Crippen molar-refractivity contribution in [1.82, 2.24) is 24.1 Å². The minimum Gasteiger partial charge on any atom is -0.367 e. The monoisotopic (exact) mass is 455 g/mol. The fourth-order valence-electron chi connectivity index (χ4n) is 3.20. The lowest BCUT2D eigenvalue weighted by Gasteiger charge is -2.08. The van der Waals surface area contributed by atoms with E-state index in [2.05, 4.69) is 32.6 Å². The van der Waals surface area contributed by atoms with E-state index in [1.165, 1.54) is 16.8 Å². The predicted octanol–water partition coefficient (Wildman–Crippen LogP) is 4.67. The number of imidazole rings is 1. The van der Waals surface area contributed by atoms with E-state index >= 15 is 0 Å². The lowest BCUT2D eigenvalue weighted by Crippen LogP contribution is -2.19. The quantitative estimate of drug-likeness (QED) is 0.423. The van der Waals surface area contributed by atoms with E-state index in [0.29, 0.717) is 11.5 Å². The molecule has 8 nitrogen and oxygen atoms in total. The van der Waals surface area contributed by atoms with Crippen LogP contribution in [0, 0.1) is 18.6 Å². The van der Waals surface area contributed by atoms with Crippen molar-refractivity contribution in [3.8, 4) is 11.3 Å². The van der Waals surface area contributed by atoms with Crippen molar-refractivity contribution in [2.75, 3.05) is 17.2 Å². The van der Waals surface area contributed by atoms with E-state index in [1.807, 2.05) is 31.4 Å².